The Bertz CT molecular complexity index is 377. The van der Waals surface area contributed by atoms with Crippen LogP contribution in [0.5, 0.6) is 0 Å². The first-order valence-electron chi connectivity index (χ1n) is 6.53. The van der Waals surface area contributed by atoms with Crippen molar-refractivity contribution in [1.29, 1.82) is 0 Å². The third-order valence-corrected chi connectivity index (χ3v) is 3.31. The molecule has 6 nitrogen and oxygen atoms in total. The van der Waals surface area contributed by atoms with E-state index in [1.165, 1.54) is 0 Å². The van der Waals surface area contributed by atoms with Crippen LogP contribution in [0.2, 0.25) is 0 Å². The highest BCUT2D eigenvalue weighted by atomic mass is 79.9. The van der Waals surface area contributed by atoms with Gasteiger partial charge < -0.3 is 19.6 Å². The molecule has 0 bridgehead atoms. The number of carbonyl (C=O) groups is 1. The molecule has 20 heavy (non-hydrogen) atoms. The van der Waals surface area contributed by atoms with Gasteiger partial charge in [0.05, 0.1) is 29.7 Å². The summed E-state index contributed by atoms with van der Waals surface area (Å²) >= 11 is 3.30. The van der Waals surface area contributed by atoms with Crippen LogP contribution in [0.3, 0.4) is 0 Å². The van der Waals surface area contributed by atoms with Gasteiger partial charge in [0.15, 0.2) is 0 Å². The summed E-state index contributed by atoms with van der Waals surface area (Å²) < 4.78 is 10.0. The van der Waals surface area contributed by atoms with E-state index in [0.29, 0.717) is 19.6 Å². The number of hydrogen-bond acceptors (Lipinski definition) is 5. The maximum absolute atomic E-state index is 11.9. The fourth-order valence-corrected chi connectivity index (χ4v) is 1.71. The van der Waals surface area contributed by atoms with Crippen molar-refractivity contribution in [3.05, 3.63) is 0 Å². The van der Waals surface area contributed by atoms with Crippen molar-refractivity contribution in [2.45, 2.75) is 50.3 Å². The molecule has 0 saturated heterocycles. The van der Waals surface area contributed by atoms with Crippen LogP contribution in [0, 0.1) is 0 Å². The number of amides is 1. The first kappa shape index (κ1) is 17.4. The number of hydrogen-bond donors (Lipinski definition) is 1. The number of oxime groups is 1. The number of ether oxygens (including phenoxy) is 2. The molecule has 0 aromatic rings. The molecule has 1 rings (SSSR count). The molecule has 0 saturated carbocycles. The third-order valence-electron chi connectivity index (χ3n) is 2.95. The number of carbonyl (C=O) groups excluding carboxylic acids is 1. The zero-order valence-corrected chi connectivity index (χ0v) is 14.2. The molecule has 116 valence electrons. The van der Waals surface area contributed by atoms with Crippen LogP contribution in [0.25, 0.3) is 0 Å². The van der Waals surface area contributed by atoms with Gasteiger partial charge in [-0.25, -0.2) is 0 Å². The fraction of sp³-hybridized carbons (Fsp3) is 0.846. The van der Waals surface area contributed by atoms with Crippen molar-refractivity contribution in [3.63, 3.8) is 0 Å². The fourth-order valence-electron chi connectivity index (χ4n) is 1.59. The second-order valence-electron chi connectivity index (χ2n) is 5.63. The Morgan fingerprint density at radius 1 is 1.45 bits per heavy atom. The summed E-state index contributed by atoms with van der Waals surface area (Å²) in [5, 5.41) is 6.81. The van der Waals surface area contributed by atoms with Crippen molar-refractivity contribution in [2.24, 2.45) is 5.16 Å². The van der Waals surface area contributed by atoms with Gasteiger partial charge in [0.1, 0.15) is 5.60 Å². The van der Waals surface area contributed by atoms with Gasteiger partial charge in [-0.1, -0.05) is 21.1 Å². The summed E-state index contributed by atoms with van der Waals surface area (Å²) in [5.74, 6) is -0.142. The van der Waals surface area contributed by atoms with E-state index in [-0.39, 0.29) is 5.91 Å². The lowest BCUT2D eigenvalue weighted by Gasteiger charge is -2.24. The Hall–Kier alpha value is -0.660. The largest absolute Gasteiger partial charge is 0.382 e. The van der Waals surface area contributed by atoms with Crippen molar-refractivity contribution in [3.8, 4) is 0 Å². The number of halogens is 1. The van der Waals surface area contributed by atoms with E-state index >= 15 is 0 Å². The van der Waals surface area contributed by atoms with Gasteiger partial charge in [0, 0.05) is 7.11 Å². The number of rotatable bonds is 7. The molecule has 1 N–H and O–H groups in total. The van der Waals surface area contributed by atoms with Crippen LogP contribution in [-0.4, -0.2) is 48.1 Å². The SMILES string of the molecule is COCCOC(C)(C)C1=NOC(NC(=O)C(C)(C)Br)C1. The Balaban J connectivity index is 2.47. The third kappa shape index (κ3) is 5.03. The molecular formula is C13H23BrN2O4. The van der Waals surface area contributed by atoms with Crippen LogP contribution in [-0.2, 0) is 19.1 Å². The van der Waals surface area contributed by atoms with E-state index in [2.05, 4.69) is 26.4 Å². The van der Waals surface area contributed by atoms with Crippen molar-refractivity contribution >= 4 is 27.5 Å². The topological polar surface area (TPSA) is 69.2 Å². The van der Waals surface area contributed by atoms with Crippen molar-refractivity contribution in [1.82, 2.24) is 5.32 Å². The second kappa shape index (κ2) is 6.87. The van der Waals surface area contributed by atoms with E-state index in [1.807, 2.05) is 13.8 Å². The van der Waals surface area contributed by atoms with Crippen LogP contribution in [0.15, 0.2) is 5.16 Å². The zero-order valence-electron chi connectivity index (χ0n) is 12.7. The van der Waals surface area contributed by atoms with Crippen LogP contribution in [0.4, 0.5) is 0 Å². The van der Waals surface area contributed by atoms with Gasteiger partial charge in [-0.15, -0.1) is 0 Å². The molecule has 0 fully saturated rings. The molecule has 1 aliphatic rings. The lowest BCUT2D eigenvalue weighted by molar-refractivity contribution is -0.126. The zero-order chi connectivity index (χ0) is 15.4. The summed E-state index contributed by atoms with van der Waals surface area (Å²) in [5.41, 5.74) is 0.230. The van der Waals surface area contributed by atoms with Crippen LogP contribution < -0.4 is 5.32 Å². The minimum absolute atomic E-state index is 0.142. The minimum atomic E-state index is -0.635. The summed E-state index contributed by atoms with van der Waals surface area (Å²) in [6.07, 6.45) is 0.0639. The lowest BCUT2D eigenvalue weighted by Crippen LogP contribution is -2.45. The van der Waals surface area contributed by atoms with E-state index in [0.717, 1.165) is 5.71 Å². The number of nitrogens with zero attached hydrogens (tertiary/aromatic N) is 1. The number of methoxy groups -OCH3 is 1. The predicted molar refractivity (Wildman–Crippen MR) is 80.0 cm³/mol. The first-order valence-corrected chi connectivity index (χ1v) is 7.32. The molecule has 0 aliphatic carbocycles. The maximum Gasteiger partial charge on any atom is 0.239 e. The van der Waals surface area contributed by atoms with E-state index in [4.69, 9.17) is 14.3 Å². The monoisotopic (exact) mass is 350 g/mol. The molecule has 0 aromatic carbocycles. The van der Waals surface area contributed by atoms with Gasteiger partial charge in [-0.05, 0) is 27.7 Å². The normalized spacial score (nSPS) is 19.5. The molecular weight excluding hydrogens is 328 g/mol. The van der Waals surface area contributed by atoms with Crippen molar-refractivity contribution in [2.75, 3.05) is 20.3 Å². The summed E-state index contributed by atoms with van der Waals surface area (Å²) in [6.45, 7) is 8.39. The molecule has 0 aromatic heterocycles. The highest BCUT2D eigenvalue weighted by Crippen LogP contribution is 2.23. The molecule has 1 unspecified atom stereocenters. The maximum atomic E-state index is 11.9. The number of alkyl halides is 1. The Labute approximate surface area is 128 Å². The molecule has 1 atom stereocenters. The highest BCUT2D eigenvalue weighted by molar-refractivity contribution is 9.10. The average molecular weight is 351 g/mol. The summed E-state index contributed by atoms with van der Waals surface area (Å²) in [6, 6.07) is 0. The summed E-state index contributed by atoms with van der Waals surface area (Å²) in [4.78, 5) is 17.1. The van der Waals surface area contributed by atoms with Gasteiger partial charge in [0.2, 0.25) is 12.1 Å². The predicted octanol–water partition coefficient (Wildman–Crippen LogP) is 1.82. The molecule has 1 aliphatic heterocycles. The number of nitrogens with one attached hydrogen (secondary N) is 1. The Morgan fingerprint density at radius 3 is 2.65 bits per heavy atom. The van der Waals surface area contributed by atoms with Crippen LogP contribution in [0.1, 0.15) is 34.1 Å². The first-order chi connectivity index (χ1) is 9.16. The lowest BCUT2D eigenvalue weighted by atomic mass is 9.99. The molecule has 0 radical (unpaired) electrons. The molecule has 7 heteroatoms. The van der Waals surface area contributed by atoms with E-state index in [9.17, 15) is 4.79 Å². The standard InChI is InChI=1S/C13H23BrN2O4/c1-12(2,14)11(17)15-10-8-9(16-20-10)13(3,4)19-7-6-18-5/h10H,6-8H2,1-5H3,(H,15,17). The van der Waals surface area contributed by atoms with E-state index in [1.54, 1.807) is 21.0 Å². The quantitative estimate of drug-likeness (QED) is 0.561. The van der Waals surface area contributed by atoms with Gasteiger partial charge in [-0.3, -0.25) is 4.79 Å². The molecule has 0 spiro atoms. The Kier molecular flexibility index (Phi) is 5.97. The highest BCUT2D eigenvalue weighted by Gasteiger charge is 2.36. The van der Waals surface area contributed by atoms with Crippen LogP contribution >= 0.6 is 15.9 Å². The van der Waals surface area contributed by atoms with Crippen molar-refractivity contribution < 1.29 is 19.1 Å². The minimum Gasteiger partial charge on any atom is -0.382 e. The Morgan fingerprint density at radius 2 is 2.10 bits per heavy atom. The van der Waals surface area contributed by atoms with E-state index < -0.39 is 16.2 Å². The molecule has 1 heterocycles. The van der Waals surface area contributed by atoms with Gasteiger partial charge >= 0.3 is 0 Å². The molecule has 1 amide bonds. The van der Waals surface area contributed by atoms with Gasteiger partial charge in [-0.2, -0.15) is 0 Å². The summed E-state index contributed by atoms with van der Waals surface area (Å²) in [7, 11) is 1.63. The average Bonchev–Trinajstić information content (AvgIpc) is 2.77. The second-order valence-corrected chi connectivity index (χ2v) is 7.62. The smallest absolute Gasteiger partial charge is 0.239 e. The van der Waals surface area contributed by atoms with Gasteiger partial charge in [0.25, 0.3) is 0 Å².